The van der Waals surface area contributed by atoms with E-state index in [1.54, 1.807) is 12.1 Å². The second-order valence-corrected chi connectivity index (χ2v) is 5.66. The van der Waals surface area contributed by atoms with Crippen LogP contribution in [0.3, 0.4) is 0 Å². The van der Waals surface area contributed by atoms with Crippen molar-refractivity contribution in [3.05, 3.63) is 69.8 Å². The van der Waals surface area contributed by atoms with Crippen molar-refractivity contribution in [1.82, 2.24) is 9.78 Å². The molecule has 5 nitrogen and oxygen atoms in total. The van der Waals surface area contributed by atoms with Crippen molar-refractivity contribution in [2.24, 2.45) is 0 Å². The van der Waals surface area contributed by atoms with Crippen LogP contribution in [0.15, 0.2) is 47.3 Å². The van der Waals surface area contributed by atoms with Crippen LogP contribution in [0.25, 0.3) is 10.9 Å². The fraction of sp³-hybridized carbons (Fsp3) is 0.211. The fourth-order valence-electron chi connectivity index (χ4n) is 2.67. The van der Waals surface area contributed by atoms with Gasteiger partial charge >= 0.3 is 0 Å². The van der Waals surface area contributed by atoms with Crippen LogP contribution in [-0.4, -0.2) is 15.7 Å². The van der Waals surface area contributed by atoms with Gasteiger partial charge in [0.15, 0.2) is 5.69 Å². The van der Waals surface area contributed by atoms with Crippen molar-refractivity contribution < 1.29 is 9.18 Å². The van der Waals surface area contributed by atoms with Crippen molar-refractivity contribution in [2.75, 3.05) is 5.32 Å². The molecular formula is C19H18FN3O2. The van der Waals surface area contributed by atoms with E-state index in [2.05, 4.69) is 10.4 Å². The van der Waals surface area contributed by atoms with Gasteiger partial charge in [-0.3, -0.25) is 14.3 Å². The maximum atomic E-state index is 13.5. The van der Waals surface area contributed by atoms with Gasteiger partial charge in [0, 0.05) is 12.2 Å². The van der Waals surface area contributed by atoms with Crippen LogP contribution < -0.4 is 10.7 Å². The molecule has 25 heavy (non-hydrogen) atoms. The number of aryl methyl sites for hydroxylation is 2. The molecule has 0 bridgehead atoms. The van der Waals surface area contributed by atoms with E-state index < -0.39 is 17.2 Å². The first kappa shape index (κ1) is 16.8. The van der Waals surface area contributed by atoms with E-state index in [1.165, 1.54) is 16.8 Å². The van der Waals surface area contributed by atoms with E-state index >= 15 is 0 Å². The minimum absolute atomic E-state index is 0.142. The molecule has 1 heterocycles. The number of amides is 1. The Morgan fingerprint density at radius 1 is 1.16 bits per heavy atom. The van der Waals surface area contributed by atoms with Crippen LogP contribution in [0.5, 0.6) is 0 Å². The summed E-state index contributed by atoms with van der Waals surface area (Å²) in [6, 6.07) is 11.3. The molecule has 0 unspecified atom stereocenters. The number of nitrogens with one attached hydrogen (secondary N) is 1. The molecule has 0 atom stereocenters. The van der Waals surface area contributed by atoms with Crippen LogP contribution in [-0.2, 0) is 13.0 Å². The summed E-state index contributed by atoms with van der Waals surface area (Å²) >= 11 is 0. The topological polar surface area (TPSA) is 64.0 Å². The molecule has 0 aliphatic rings. The third-order valence-corrected chi connectivity index (χ3v) is 4.05. The van der Waals surface area contributed by atoms with Gasteiger partial charge < -0.3 is 5.32 Å². The number of halogens is 1. The normalized spacial score (nSPS) is 10.8. The average molecular weight is 339 g/mol. The van der Waals surface area contributed by atoms with Gasteiger partial charge in [0.1, 0.15) is 5.82 Å². The van der Waals surface area contributed by atoms with Crippen LogP contribution in [0.4, 0.5) is 10.1 Å². The number of carbonyl (C=O) groups is 1. The van der Waals surface area contributed by atoms with Gasteiger partial charge in [-0.25, -0.2) is 4.39 Å². The lowest BCUT2D eigenvalue weighted by Gasteiger charge is -2.11. The molecule has 0 spiro atoms. The fourth-order valence-corrected chi connectivity index (χ4v) is 2.67. The van der Waals surface area contributed by atoms with E-state index in [9.17, 15) is 14.0 Å². The Hall–Kier alpha value is -3.02. The Balaban J connectivity index is 2.03. The van der Waals surface area contributed by atoms with Gasteiger partial charge in [-0.2, -0.15) is 5.10 Å². The van der Waals surface area contributed by atoms with Gasteiger partial charge in [0.05, 0.1) is 10.9 Å². The summed E-state index contributed by atoms with van der Waals surface area (Å²) in [4.78, 5) is 25.1. The maximum Gasteiger partial charge on any atom is 0.280 e. The molecule has 3 rings (SSSR count). The number of anilines is 1. The first-order valence-electron chi connectivity index (χ1n) is 8.14. The molecule has 0 saturated carbocycles. The Kier molecular flexibility index (Phi) is 4.61. The quantitative estimate of drug-likeness (QED) is 0.793. The lowest BCUT2D eigenvalue weighted by Crippen LogP contribution is -2.27. The Bertz CT molecular complexity index is 994. The maximum absolute atomic E-state index is 13.5. The lowest BCUT2D eigenvalue weighted by atomic mass is 10.1. The summed E-state index contributed by atoms with van der Waals surface area (Å²) in [7, 11) is 0. The van der Waals surface area contributed by atoms with E-state index in [4.69, 9.17) is 0 Å². The minimum atomic E-state index is -0.609. The largest absolute Gasteiger partial charge is 0.320 e. The molecule has 3 aromatic rings. The summed E-state index contributed by atoms with van der Waals surface area (Å²) in [6.45, 7) is 4.33. The highest BCUT2D eigenvalue weighted by Crippen LogP contribution is 2.14. The summed E-state index contributed by atoms with van der Waals surface area (Å²) in [5.41, 5.74) is 1.38. The molecule has 0 aliphatic heterocycles. The average Bonchev–Trinajstić information content (AvgIpc) is 2.63. The second-order valence-electron chi connectivity index (χ2n) is 5.66. The number of benzene rings is 2. The molecule has 0 fully saturated rings. The first-order valence-corrected chi connectivity index (χ1v) is 8.14. The van der Waals surface area contributed by atoms with E-state index in [0.717, 1.165) is 18.1 Å². The number of hydrogen-bond donors (Lipinski definition) is 1. The molecule has 1 amide bonds. The van der Waals surface area contributed by atoms with E-state index in [-0.39, 0.29) is 11.1 Å². The van der Waals surface area contributed by atoms with Gasteiger partial charge in [-0.1, -0.05) is 19.1 Å². The van der Waals surface area contributed by atoms with Crippen molar-refractivity contribution in [1.29, 1.82) is 0 Å². The van der Waals surface area contributed by atoms with Gasteiger partial charge in [0.25, 0.3) is 5.91 Å². The molecule has 128 valence electrons. The van der Waals surface area contributed by atoms with Gasteiger partial charge in [-0.15, -0.1) is 0 Å². The summed E-state index contributed by atoms with van der Waals surface area (Å²) in [5.74, 6) is -1.14. The van der Waals surface area contributed by atoms with Crippen molar-refractivity contribution in [3.63, 3.8) is 0 Å². The highest BCUT2D eigenvalue weighted by atomic mass is 19.1. The predicted octanol–water partition coefficient (Wildman–Crippen LogP) is 3.37. The highest BCUT2D eigenvalue weighted by Gasteiger charge is 2.17. The Morgan fingerprint density at radius 2 is 1.88 bits per heavy atom. The summed E-state index contributed by atoms with van der Waals surface area (Å²) in [6.07, 6.45) is 0.896. The predicted molar refractivity (Wildman–Crippen MR) is 95.4 cm³/mol. The SMILES string of the molecule is CCc1ccc(NC(=O)c2nn(CC)c3ccc(F)cc3c2=O)cc1. The molecule has 6 heteroatoms. The molecule has 0 radical (unpaired) electrons. The molecule has 0 aliphatic carbocycles. The molecular weight excluding hydrogens is 321 g/mol. The molecule has 2 aromatic carbocycles. The number of rotatable bonds is 4. The first-order chi connectivity index (χ1) is 12.0. The van der Waals surface area contributed by atoms with Crippen LogP contribution >= 0.6 is 0 Å². The Labute approximate surface area is 144 Å². The third-order valence-electron chi connectivity index (χ3n) is 4.05. The zero-order chi connectivity index (χ0) is 18.0. The summed E-state index contributed by atoms with van der Waals surface area (Å²) < 4.78 is 15.1. The number of nitrogens with zero attached hydrogens (tertiary/aromatic N) is 2. The zero-order valence-electron chi connectivity index (χ0n) is 14.0. The van der Waals surface area contributed by atoms with Crippen molar-refractivity contribution in [3.8, 4) is 0 Å². The smallest absolute Gasteiger partial charge is 0.280 e. The number of hydrogen-bond acceptors (Lipinski definition) is 3. The second kappa shape index (κ2) is 6.84. The van der Waals surface area contributed by atoms with Crippen LogP contribution in [0.2, 0.25) is 0 Å². The van der Waals surface area contributed by atoms with Crippen LogP contribution in [0, 0.1) is 5.82 Å². The monoisotopic (exact) mass is 339 g/mol. The van der Waals surface area contributed by atoms with E-state index in [0.29, 0.717) is 17.7 Å². The third kappa shape index (κ3) is 3.28. The summed E-state index contributed by atoms with van der Waals surface area (Å²) in [5, 5.41) is 6.96. The van der Waals surface area contributed by atoms with E-state index in [1.807, 2.05) is 26.0 Å². The van der Waals surface area contributed by atoms with Gasteiger partial charge in [0.2, 0.25) is 5.43 Å². The molecule has 1 aromatic heterocycles. The van der Waals surface area contributed by atoms with Crippen LogP contribution in [0.1, 0.15) is 29.9 Å². The van der Waals surface area contributed by atoms with Crippen molar-refractivity contribution in [2.45, 2.75) is 26.8 Å². The number of carbonyl (C=O) groups excluding carboxylic acids is 1. The highest BCUT2D eigenvalue weighted by molar-refractivity contribution is 6.04. The zero-order valence-corrected chi connectivity index (χ0v) is 14.0. The lowest BCUT2D eigenvalue weighted by molar-refractivity contribution is 0.101. The molecule has 0 saturated heterocycles. The standard InChI is InChI=1S/C19H18FN3O2/c1-3-12-5-8-14(9-6-12)21-19(25)17-18(24)15-11-13(20)7-10-16(15)23(4-2)22-17/h5-11H,3-4H2,1-2H3,(H,21,25). The van der Waals surface area contributed by atoms with Gasteiger partial charge in [-0.05, 0) is 49.2 Å². The number of fused-ring (bicyclic) bond motifs is 1. The van der Waals surface area contributed by atoms with Crippen molar-refractivity contribution >= 4 is 22.5 Å². The number of aromatic nitrogens is 2. The minimum Gasteiger partial charge on any atom is -0.320 e. The Morgan fingerprint density at radius 3 is 2.52 bits per heavy atom. The molecule has 1 N–H and O–H groups in total.